The maximum atomic E-state index is 12.0. The molecule has 3 aromatic rings. The number of anilines is 1. The Morgan fingerprint density at radius 3 is 2.52 bits per heavy atom. The Balaban J connectivity index is 1.53. The number of amides is 2. The Kier molecular flexibility index (Phi) is 5.25. The lowest BCUT2D eigenvalue weighted by Crippen LogP contribution is -2.32. The number of benzene rings is 1. The molecule has 0 aliphatic rings. The van der Waals surface area contributed by atoms with Gasteiger partial charge >= 0.3 is 0 Å². The van der Waals surface area contributed by atoms with Gasteiger partial charge in [0.2, 0.25) is 5.91 Å². The molecule has 0 aliphatic carbocycles. The van der Waals surface area contributed by atoms with Crippen LogP contribution in [0, 0.1) is 13.8 Å². The first-order valence-electron chi connectivity index (χ1n) is 7.68. The molecule has 128 valence electrons. The van der Waals surface area contributed by atoms with Crippen LogP contribution in [0.25, 0.3) is 10.6 Å². The predicted molar refractivity (Wildman–Crippen MR) is 102 cm³/mol. The summed E-state index contributed by atoms with van der Waals surface area (Å²) in [6.45, 7) is 3.90. The predicted octanol–water partition coefficient (Wildman–Crippen LogP) is 3.86. The van der Waals surface area contributed by atoms with Crippen LogP contribution in [0.4, 0.5) is 5.13 Å². The van der Waals surface area contributed by atoms with Crippen LogP contribution in [0.2, 0.25) is 0 Å². The second-order valence-electron chi connectivity index (χ2n) is 5.55. The third-order valence-corrected chi connectivity index (χ3v) is 5.25. The normalized spacial score (nSPS) is 10.5. The minimum atomic E-state index is -0.302. The van der Waals surface area contributed by atoms with Crippen molar-refractivity contribution in [3.8, 4) is 10.6 Å². The number of aryl methyl sites for hydroxylation is 2. The van der Waals surface area contributed by atoms with E-state index in [1.165, 1.54) is 16.2 Å². The zero-order chi connectivity index (χ0) is 17.8. The number of carbonyl (C=O) groups is 2. The number of rotatable bonds is 5. The number of nitrogens with zero attached hydrogens (tertiary/aromatic N) is 1. The summed E-state index contributed by atoms with van der Waals surface area (Å²) in [6, 6.07) is 11.2. The number of thiazole rings is 1. The molecule has 0 bridgehead atoms. The molecule has 0 fully saturated rings. The third-order valence-electron chi connectivity index (χ3n) is 3.47. The lowest BCUT2D eigenvalue weighted by atomic mass is 10.1. The van der Waals surface area contributed by atoms with Gasteiger partial charge in [0, 0.05) is 15.8 Å². The van der Waals surface area contributed by atoms with Gasteiger partial charge in [-0.25, -0.2) is 4.98 Å². The monoisotopic (exact) mass is 371 g/mol. The molecule has 2 N–H and O–H groups in total. The van der Waals surface area contributed by atoms with E-state index in [9.17, 15) is 9.59 Å². The average Bonchev–Trinajstić information content (AvgIpc) is 3.22. The van der Waals surface area contributed by atoms with E-state index in [4.69, 9.17) is 0 Å². The lowest BCUT2D eigenvalue weighted by molar-refractivity contribution is -0.115. The van der Waals surface area contributed by atoms with E-state index in [1.807, 2.05) is 43.5 Å². The Hall–Kier alpha value is -2.51. The van der Waals surface area contributed by atoms with Gasteiger partial charge in [0.15, 0.2) is 5.13 Å². The number of nitrogens with one attached hydrogen (secondary N) is 2. The number of thiophene rings is 1. The number of hydrogen-bond donors (Lipinski definition) is 2. The van der Waals surface area contributed by atoms with Crippen LogP contribution in [0.15, 0.2) is 41.8 Å². The number of hydrogen-bond acceptors (Lipinski definition) is 5. The first kappa shape index (κ1) is 17.3. The number of carbonyl (C=O) groups excluding carboxylic acids is 2. The zero-order valence-electron chi connectivity index (χ0n) is 13.8. The molecule has 2 aromatic heterocycles. The van der Waals surface area contributed by atoms with Crippen LogP contribution >= 0.6 is 22.7 Å². The van der Waals surface area contributed by atoms with Crippen molar-refractivity contribution >= 4 is 39.6 Å². The van der Waals surface area contributed by atoms with E-state index in [0.717, 1.165) is 16.1 Å². The maximum absolute atomic E-state index is 12.0. The van der Waals surface area contributed by atoms with E-state index in [-0.39, 0.29) is 18.4 Å². The summed E-state index contributed by atoms with van der Waals surface area (Å²) in [5.41, 5.74) is 2.46. The molecule has 3 rings (SSSR count). The van der Waals surface area contributed by atoms with Crippen molar-refractivity contribution in [2.24, 2.45) is 0 Å². The van der Waals surface area contributed by atoms with Crippen LogP contribution in [0.1, 0.15) is 20.8 Å². The smallest absolute Gasteiger partial charge is 0.251 e. The highest BCUT2D eigenvalue weighted by atomic mass is 32.1. The van der Waals surface area contributed by atoms with Gasteiger partial charge in [0.25, 0.3) is 5.91 Å². The van der Waals surface area contributed by atoms with E-state index in [0.29, 0.717) is 10.7 Å². The lowest BCUT2D eigenvalue weighted by Gasteiger charge is -2.05. The molecule has 1 aromatic carbocycles. The Morgan fingerprint density at radius 1 is 1.08 bits per heavy atom. The summed E-state index contributed by atoms with van der Waals surface area (Å²) in [6.07, 6.45) is 0. The van der Waals surface area contributed by atoms with Crippen molar-refractivity contribution in [3.05, 3.63) is 57.8 Å². The molecule has 0 atom stereocenters. The van der Waals surface area contributed by atoms with Crippen LogP contribution in [-0.4, -0.2) is 23.3 Å². The van der Waals surface area contributed by atoms with Crippen LogP contribution < -0.4 is 10.6 Å². The Morgan fingerprint density at radius 2 is 1.84 bits per heavy atom. The molecule has 0 spiro atoms. The maximum Gasteiger partial charge on any atom is 0.251 e. The largest absolute Gasteiger partial charge is 0.343 e. The minimum absolute atomic E-state index is 0.0975. The van der Waals surface area contributed by atoms with Crippen molar-refractivity contribution < 1.29 is 9.59 Å². The molecule has 2 amide bonds. The second kappa shape index (κ2) is 7.58. The van der Waals surface area contributed by atoms with Gasteiger partial charge in [-0.2, -0.15) is 0 Å². The molecule has 0 saturated carbocycles. The molecule has 2 heterocycles. The van der Waals surface area contributed by atoms with Crippen LogP contribution in [0.5, 0.6) is 0 Å². The minimum Gasteiger partial charge on any atom is -0.343 e. The van der Waals surface area contributed by atoms with Gasteiger partial charge in [0.1, 0.15) is 0 Å². The molecule has 0 radical (unpaired) electrons. The van der Waals surface area contributed by atoms with Gasteiger partial charge in [-0.3, -0.25) is 9.59 Å². The van der Waals surface area contributed by atoms with Crippen LogP contribution in [-0.2, 0) is 4.79 Å². The fourth-order valence-corrected chi connectivity index (χ4v) is 3.78. The molecular formula is C18H17N3O2S2. The van der Waals surface area contributed by atoms with Crippen molar-refractivity contribution in [2.75, 3.05) is 11.9 Å². The van der Waals surface area contributed by atoms with Crippen LogP contribution in [0.3, 0.4) is 0 Å². The molecule has 0 saturated heterocycles. The summed E-state index contributed by atoms with van der Waals surface area (Å²) in [5.74, 6) is -0.576. The summed E-state index contributed by atoms with van der Waals surface area (Å²) in [5, 5.41) is 7.75. The van der Waals surface area contributed by atoms with E-state index < -0.39 is 0 Å². The van der Waals surface area contributed by atoms with Gasteiger partial charge in [-0.05, 0) is 38.1 Å². The van der Waals surface area contributed by atoms with Crippen molar-refractivity contribution in [1.29, 1.82) is 0 Å². The standard InChI is InChI=1S/C18H17N3O2S2/c1-11-3-6-13(7-4-11)17(23)19-9-16(22)21-18-20-14(10-24-18)15-8-5-12(2)25-15/h3-8,10H,9H2,1-2H3,(H,19,23)(H,20,21,22). The summed E-state index contributed by atoms with van der Waals surface area (Å²) in [7, 11) is 0. The molecule has 25 heavy (non-hydrogen) atoms. The molecule has 0 unspecified atom stereocenters. The molecule has 0 aliphatic heterocycles. The van der Waals surface area contributed by atoms with E-state index >= 15 is 0 Å². The van der Waals surface area contributed by atoms with E-state index in [1.54, 1.807) is 23.5 Å². The van der Waals surface area contributed by atoms with Gasteiger partial charge in [-0.15, -0.1) is 22.7 Å². The van der Waals surface area contributed by atoms with Gasteiger partial charge in [-0.1, -0.05) is 17.7 Å². The third kappa shape index (κ3) is 4.52. The topological polar surface area (TPSA) is 71.1 Å². The van der Waals surface area contributed by atoms with Gasteiger partial charge < -0.3 is 10.6 Å². The summed E-state index contributed by atoms with van der Waals surface area (Å²) in [4.78, 5) is 30.7. The highest BCUT2D eigenvalue weighted by molar-refractivity contribution is 7.17. The molecular weight excluding hydrogens is 354 g/mol. The Labute approximate surface area is 153 Å². The second-order valence-corrected chi connectivity index (χ2v) is 7.69. The highest BCUT2D eigenvalue weighted by Gasteiger charge is 2.11. The SMILES string of the molecule is Cc1ccc(C(=O)NCC(=O)Nc2nc(-c3ccc(C)s3)cs2)cc1. The fraction of sp³-hybridized carbons (Fsp3) is 0.167. The van der Waals surface area contributed by atoms with Crippen molar-refractivity contribution in [1.82, 2.24) is 10.3 Å². The highest BCUT2D eigenvalue weighted by Crippen LogP contribution is 2.30. The average molecular weight is 371 g/mol. The van der Waals surface area contributed by atoms with Crippen molar-refractivity contribution in [3.63, 3.8) is 0 Å². The molecule has 7 heteroatoms. The Bertz CT molecular complexity index is 897. The summed E-state index contributed by atoms with van der Waals surface area (Å²) < 4.78 is 0. The van der Waals surface area contributed by atoms with E-state index in [2.05, 4.69) is 15.6 Å². The zero-order valence-corrected chi connectivity index (χ0v) is 15.5. The first-order chi connectivity index (χ1) is 12.0. The van der Waals surface area contributed by atoms with Gasteiger partial charge in [0.05, 0.1) is 17.1 Å². The fourth-order valence-electron chi connectivity index (χ4n) is 2.15. The summed E-state index contributed by atoms with van der Waals surface area (Å²) >= 11 is 3.03. The first-order valence-corrected chi connectivity index (χ1v) is 9.38. The molecule has 5 nitrogen and oxygen atoms in total. The van der Waals surface area contributed by atoms with Crippen molar-refractivity contribution in [2.45, 2.75) is 13.8 Å². The quantitative estimate of drug-likeness (QED) is 0.715. The number of aromatic nitrogens is 1.